The number of hydrogen-bond donors (Lipinski definition) is 1. The highest BCUT2D eigenvalue weighted by Crippen LogP contribution is 2.36. The van der Waals surface area contributed by atoms with E-state index in [1.807, 2.05) is 0 Å². The molecule has 4 heteroatoms. The van der Waals surface area contributed by atoms with Crippen LogP contribution in [-0.2, 0) is 4.79 Å². The summed E-state index contributed by atoms with van der Waals surface area (Å²) in [7, 11) is 0. The number of carbonyl (C=O) groups is 1. The molecule has 2 heterocycles. The van der Waals surface area contributed by atoms with Gasteiger partial charge in [0.1, 0.15) is 0 Å². The molecule has 3 fully saturated rings. The molecule has 2 saturated heterocycles. The molecular weight excluding hydrogens is 228 g/mol. The van der Waals surface area contributed by atoms with E-state index in [0.717, 1.165) is 31.6 Å². The molecule has 2 aliphatic heterocycles. The van der Waals surface area contributed by atoms with E-state index in [0.29, 0.717) is 18.4 Å². The van der Waals surface area contributed by atoms with Crippen LogP contribution in [0, 0.1) is 5.92 Å². The minimum absolute atomic E-state index is 0.352. The van der Waals surface area contributed by atoms with Crippen molar-refractivity contribution in [3.8, 4) is 0 Å². The predicted octanol–water partition coefficient (Wildman–Crippen LogP) is 1.41. The summed E-state index contributed by atoms with van der Waals surface area (Å²) in [5, 5.41) is 8.86. The molecule has 0 spiro atoms. The number of hydrogen-bond acceptors (Lipinski definition) is 3. The summed E-state index contributed by atoms with van der Waals surface area (Å²) in [5.74, 6) is -0.256. The number of aliphatic carboxylic acids is 1. The zero-order valence-corrected chi connectivity index (χ0v) is 11.2. The van der Waals surface area contributed by atoms with Gasteiger partial charge in [0.05, 0.1) is 0 Å². The predicted molar refractivity (Wildman–Crippen MR) is 69.5 cm³/mol. The maximum atomic E-state index is 10.8. The molecule has 1 aliphatic carbocycles. The Morgan fingerprint density at radius 3 is 2.67 bits per heavy atom. The second-order valence-electron chi connectivity index (χ2n) is 6.41. The van der Waals surface area contributed by atoms with Crippen LogP contribution >= 0.6 is 0 Å². The summed E-state index contributed by atoms with van der Waals surface area (Å²) in [4.78, 5) is 16.0. The van der Waals surface area contributed by atoms with Crippen LogP contribution in [0.4, 0.5) is 0 Å². The molecule has 18 heavy (non-hydrogen) atoms. The van der Waals surface area contributed by atoms with E-state index in [2.05, 4.69) is 16.7 Å². The molecule has 0 aromatic rings. The highest BCUT2D eigenvalue weighted by molar-refractivity contribution is 5.67. The zero-order chi connectivity index (χ0) is 12.7. The first-order chi connectivity index (χ1) is 8.63. The van der Waals surface area contributed by atoms with Crippen molar-refractivity contribution in [2.45, 2.75) is 57.2 Å². The van der Waals surface area contributed by atoms with Crippen LogP contribution in [0.3, 0.4) is 0 Å². The summed E-state index contributed by atoms with van der Waals surface area (Å²) >= 11 is 0. The second kappa shape index (κ2) is 4.82. The fraction of sp³-hybridized carbons (Fsp3) is 0.929. The van der Waals surface area contributed by atoms with Gasteiger partial charge in [0.2, 0.25) is 0 Å². The SMILES string of the molecule is CC1CC(N2CCC(CC(=O)O)C2)CN1C1CC1. The number of likely N-dealkylation sites (tertiary alicyclic amines) is 2. The van der Waals surface area contributed by atoms with E-state index in [1.54, 1.807) is 0 Å². The van der Waals surface area contributed by atoms with Crippen LogP contribution < -0.4 is 0 Å². The van der Waals surface area contributed by atoms with Crippen LogP contribution in [0.25, 0.3) is 0 Å². The minimum Gasteiger partial charge on any atom is -0.481 e. The van der Waals surface area contributed by atoms with Gasteiger partial charge in [-0.2, -0.15) is 0 Å². The molecule has 0 bridgehead atoms. The molecule has 1 saturated carbocycles. The van der Waals surface area contributed by atoms with Crippen molar-refractivity contribution in [3.05, 3.63) is 0 Å². The number of rotatable bonds is 4. The largest absolute Gasteiger partial charge is 0.481 e. The average Bonchev–Trinajstić information content (AvgIpc) is 2.92. The molecule has 3 aliphatic rings. The van der Waals surface area contributed by atoms with E-state index in [-0.39, 0.29) is 0 Å². The maximum absolute atomic E-state index is 10.8. The lowest BCUT2D eigenvalue weighted by Crippen LogP contribution is -2.36. The Morgan fingerprint density at radius 2 is 2.00 bits per heavy atom. The van der Waals surface area contributed by atoms with Gasteiger partial charge in [0, 0.05) is 37.6 Å². The topological polar surface area (TPSA) is 43.8 Å². The lowest BCUT2D eigenvalue weighted by Gasteiger charge is -2.24. The van der Waals surface area contributed by atoms with Crippen LogP contribution in [0.2, 0.25) is 0 Å². The molecule has 0 aromatic carbocycles. The van der Waals surface area contributed by atoms with Gasteiger partial charge in [0.25, 0.3) is 0 Å². The zero-order valence-electron chi connectivity index (χ0n) is 11.2. The number of carboxylic acid groups (broad SMARTS) is 1. The summed E-state index contributed by atoms with van der Waals surface area (Å²) in [6.07, 6.45) is 5.47. The first-order valence-electron chi connectivity index (χ1n) is 7.35. The monoisotopic (exact) mass is 252 g/mol. The first-order valence-corrected chi connectivity index (χ1v) is 7.35. The van der Waals surface area contributed by atoms with Crippen molar-refractivity contribution < 1.29 is 9.90 Å². The first kappa shape index (κ1) is 12.4. The van der Waals surface area contributed by atoms with E-state index >= 15 is 0 Å². The smallest absolute Gasteiger partial charge is 0.303 e. The lowest BCUT2D eigenvalue weighted by molar-refractivity contribution is -0.138. The Bertz CT molecular complexity index is 330. The molecule has 0 radical (unpaired) electrons. The summed E-state index contributed by atoms with van der Waals surface area (Å²) in [5.41, 5.74) is 0. The number of carboxylic acids is 1. The fourth-order valence-electron chi connectivity index (χ4n) is 3.81. The van der Waals surface area contributed by atoms with Crippen molar-refractivity contribution in [3.63, 3.8) is 0 Å². The Kier molecular flexibility index (Phi) is 3.32. The molecule has 1 N–H and O–H groups in total. The third-order valence-electron chi connectivity index (χ3n) is 4.91. The van der Waals surface area contributed by atoms with E-state index in [1.165, 1.54) is 25.8 Å². The summed E-state index contributed by atoms with van der Waals surface area (Å²) in [6.45, 7) is 5.67. The van der Waals surface area contributed by atoms with Crippen LogP contribution in [-0.4, -0.2) is 58.6 Å². The highest BCUT2D eigenvalue weighted by atomic mass is 16.4. The van der Waals surface area contributed by atoms with Gasteiger partial charge in [-0.25, -0.2) is 0 Å². The molecular formula is C14H24N2O2. The molecule has 102 valence electrons. The minimum atomic E-state index is -0.638. The van der Waals surface area contributed by atoms with Crippen LogP contribution in [0.5, 0.6) is 0 Å². The van der Waals surface area contributed by atoms with Crippen molar-refractivity contribution >= 4 is 5.97 Å². The van der Waals surface area contributed by atoms with Crippen molar-refractivity contribution in [1.29, 1.82) is 0 Å². The molecule has 0 aromatic heterocycles. The van der Waals surface area contributed by atoms with Crippen molar-refractivity contribution in [2.24, 2.45) is 5.92 Å². The standard InChI is InChI=1S/C14H24N2O2/c1-10-6-13(9-16(10)12-2-3-12)15-5-4-11(8-15)7-14(17)18/h10-13H,2-9H2,1H3,(H,17,18). The van der Waals surface area contributed by atoms with Gasteiger partial charge < -0.3 is 5.11 Å². The van der Waals surface area contributed by atoms with Crippen LogP contribution in [0.1, 0.15) is 39.0 Å². The van der Waals surface area contributed by atoms with E-state index in [9.17, 15) is 4.79 Å². The van der Waals surface area contributed by atoms with Crippen molar-refractivity contribution in [1.82, 2.24) is 9.80 Å². The summed E-state index contributed by atoms with van der Waals surface area (Å²) in [6, 6.07) is 2.27. The van der Waals surface area contributed by atoms with Gasteiger partial charge in [-0.05, 0) is 45.1 Å². The third kappa shape index (κ3) is 2.54. The van der Waals surface area contributed by atoms with Crippen LogP contribution in [0.15, 0.2) is 0 Å². The Hall–Kier alpha value is -0.610. The third-order valence-corrected chi connectivity index (χ3v) is 4.91. The summed E-state index contributed by atoms with van der Waals surface area (Å²) < 4.78 is 0. The number of nitrogens with zero attached hydrogens (tertiary/aromatic N) is 2. The average molecular weight is 252 g/mol. The maximum Gasteiger partial charge on any atom is 0.303 e. The van der Waals surface area contributed by atoms with Gasteiger partial charge in [0.15, 0.2) is 0 Å². The van der Waals surface area contributed by atoms with Gasteiger partial charge >= 0.3 is 5.97 Å². The molecule has 3 rings (SSSR count). The lowest BCUT2D eigenvalue weighted by atomic mass is 10.1. The van der Waals surface area contributed by atoms with Gasteiger partial charge in [-0.15, -0.1) is 0 Å². The molecule has 4 nitrogen and oxygen atoms in total. The Balaban J connectivity index is 1.52. The Morgan fingerprint density at radius 1 is 1.22 bits per heavy atom. The van der Waals surface area contributed by atoms with Crippen molar-refractivity contribution in [2.75, 3.05) is 19.6 Å². The molecule has 0 amide bonds. The normalized spacial score (nSPS) is 38.4. The molecule has 3 atom stereocenters. The van der Waals surface area contributed by atoms with E-state index in [4.69, 9.17) is 5.11 Å². The Labute approximate surface area is 109 Å². The quantitative estimate of drug-likeness (QED) is 0.821. The van der Waals surface area contributed by atoms with E-state index < -0.39 is 5.97 Å². The fourth-order valence-corrected chi connectivity index (χ4v) is 3.81. The highest BCUT2D eigenvalue weighted by Gasteiger charge is 2.41. The second-order valence-corrected chi connectivity index (χ2v) is 6.41. The molecule has 3 unspecified atom stereocenters. The van der Waals surface area contributed by atoms with Gasteiger partial charge in [-0.3, -0.25) is 14.6 Å². The van der Waals surface area contributed by atoms with Gasteiger partial charge in [-0.1, -0.05) is 0 Å².